The van der Waals surface area contributed by atoms with Crippen LogP contribution in [0.25, 0.3) is 152 Å². The van der Waals surface area contributed by atoms with Crippen LogP contribution in [0.3, 0.4) is 0 Å². The van der Waals surface area contributed by atoms with Crippen molar-refractivity contribution in [2.24, 2.45) is 0 Å². The van der Waals surface area contributed by atoms with Gasteiger partial charge < -0.3 is 9.80 Å². The molecule has 19 aromatic carbocycles. The fourth-order valence-corrected chi connectivity index (χ4v) is 16.8. The average Bonchev–Trinajstić information content (AvgIpc) is 1.67. The van der Waals surface area contributed by atoms with Gasteiger partial charge >= 0.3 is 0 Å². The molecular formula is C97H64N2. The van der Waals surface area contributed by atoms with Gasteiger partial charge in [-0.25, -0.2) is 0 Å². The molecule has 99 heavy (non-hydrogen) atoms. The van der Waals surface area contributed by atoms with Gasteiger partial charge in [0.1, 0.15) is 0 Å². The molecular weight excluding hydrogens is 1190 g/mol. The predicted octanol–water partition coefficient (Wildman–Crippen LogP) is 27.5. The van der Waals surface area contributed by atoms with Crippen LogP contribution in [0.2, 0.25) is 0 Å². The quantitative estimate of drug-likeness (QED) is 0.133. The SMILES string of the molecule is CC1(C)c2ccc(-c3cc4cc(N(c5ccc6c(ccc7ccccc76)c5)c5cccc6ccc7ccccc7c56)ccc4c4ccccc34)cc2-c2ccc(N(c3ccc(-c4ccc5c(ccc6ccccc65)c4)cc3)c3ccc(-c4ccc5c(ccc6ccccc65)c4)cc3)cc21. The maximum absolute atomic E-state index is 2.49. The van der Waals surface area contributed by atoms with Crippen molar-refractivity contribution >= 4 is 142 Å². The number of fused-ring (bicyclic) bond motifs is 18. The molecule has 0 saturated carbocycles. The second kappa shape index (κ2) is 22.2. The zero-order valence-electron chi connectivity index (χ0n) is 54.9. The third kappa shape index (κ3) is 9.17. The van der Waals surface area contributed by atoms with Crippen molar-refractivity contribution in [3.63, 3.8) is 0 Å². The van der Waals surface area contributed by atoms with E-state index in [1.807, 2.05) is 0 Å². The molecule has 1 aliphatic carbocycles. The lowest BCUT2D eigenvalue weighted by Crippen LogP contribution is -2.16. The van der Waals surface area contributed by atoms with Gasteiger partial charge in [-0.05, 0) is 249 Å². The lowest BCUT2D eigenvalue weighted by molar-refractivity contribution is 0.660. The van der Waals surface area contributed by atoms with E-state index in [1.165, 1.54) is 163 Å². The molecule has 0 saturated heterocycles. The van der Waals surface area contributed by atoms with E-state index in [0.717, 1.165) is 34.1 Å². The molecule has 0 heterocycles. The number of hydrogen-bond acceptors (Lipinski definition) is 2. The van der Waals surface area contributed by atoms with Crippen LogP contribution >= 0.6 is 0 Å². The highest BCUT2D eigenvalue weighted by atomic mass is 15.1. The Morgan fingerprint density at radius 1 is 0.192 bits per heavy atom. The maximum Gasteiger partial charge on any atom is 0.0546 e. The normalized spacial score (nSPS) is 12.6. The minimum absolute atomic E-state index is 0.284. The molecule has 0 amide bonds. The number of anilines is 6. The summed E-state index contributed by atoms with van der Waals surface area (Å²) in [6.07, 6.45) is 0. The molecule has 19 aromatic rings. The lowest BCUT2D eigenvalue weighted by Gasteiger charge is -2.28. The Balaban J connectivity index is 0.698. The Labute approximate surface area is 574 Å². The van der Waals surface area contributed by atoms with Crippen molar-refractivity contribution in [3.05, 3.63) is 363 Å². The van der Waals surface area contributed by atoms with Crippen molar-refractivity contribution in [1.29, 1.82) is 0 Å². The van der Waals surface area contributed by atoms with Gasteiger partial charge in [0.2, 0.25) is 0 Å². The third-order valence-electron chi connectivity index (χ3n) is 21.7. The van der Waals surface area contributed by atoms with E-state index >= 15 is 0 Å². The van der Waals surface area contributed by atoms with Crippen molar-refractivity contribution in [1.82, 2.24) is 0 Å². The molecule has 0 aromatic heterocycles. The highest BCUT2D eigenvalue weighted by molar-refractivity contribution is 6.19. The molecule has 2 heteroatoms. The van der Waals surface area contributed by atoms with Crippen LogP contribution < -0.4 is 9.80 Å². The summed E-state index contributed by atoms with van der Waals surface area (Å²) in [5.41, 5.74) is 18.7. The summed E-state index contributed by atoms with van der Waals surface area (Å²) in [5, 5.41) is 24.9. The van der Waals surface area contributed by atoms with Crippen LogP contribution in [-0.4, -0.2) is 0 Å². The van der Waals surface area contributed by atoms with E-state index in [4.69, 9.17) is 0 Å². The third-order valence-corrected chi connectivity index (χ3v) is 21.7. The van der Waals surface area contributed by atoms with Gasteiger partial charge in [0, 0.05) is 39.2 Å². The van der Waals surface area contributed by atoms with Crippen LogP contribution in [0.4, 0.5) is 34.1 Å². The zero-order valence-corrected chi connectivity index (χ0v) is 54.9. The second-order valence-corrected chi connectivity index (χ2v) is 27.6. The Morgan fingerprint density at radius 2 is 0.586 bits per heavy atom. The number of benzene rings is 19. The Bertz CT molecular complexity index is 6410. The minimum atomic E-state index is -0.284. The molecule has 462 valence electrons. The highest BCUT2D eigenvalue weighted by Crippen LogP contribution is 2.53. The molecule has 0 radical (unpaired) electrons. The van der Waals surface area contributed by atoms with Gasteiger partial charge in [0.05, 0.1) is 5.69 Å². The summed E-state index contributed by atoms with van der Waals surface area (Å²) >= 11 is 0. The summed E-state index contributed by atoms with van der Waals surface area (Å²) in [4.78, 5) is 4.94. The smallest absolute Gasteiger partial charge is 0.0546 e. The summed E-state index contributed by atoms with van der Waals surface area (Å²) < 4.78 is 0. The van der Waals surface area contributed by atoms with Crippen molar-refractivity contribution < 1.29 is 0 Å². The Hall–Kier alpha value is -12.6. The van der Waals surface area contributed by atoms with Gasteiger partial charge in [-0.1, -0.05) is 275 Å². The van der Waals surface area contributed by atoms with Gasteiger partial charge in [-0.2, -0.15) is 0 Å². The van der Waals surface area contributed by atoms with Gasteiger partial charge in [0.15, 0.2) is 0 Å². The van der Waals surface area contributed by atoms with Crippen LogP contribution in [0.5, 0.6) is 0 Å². The van der Waals surface area contributed by atoms with Gasteiger partial charge in [-0.15, -0.1) is 0 Å². The van der Waals surface area contributed by atoms with E-state index < -0.39 is 0 Å². The van der Waals surface area contributed by atoms with E-state index in [1.54, 1.807) is 0 Å². The molecule has 0 N–H and O–H groups in total. The minimum Gasteiger partial charge on any atom is -0.310 e. The average molecular weight is 1260 g/mol. The van der Waals surface area contributed by atoms with Gasteiger partial charge in [0.25, 0.3) is 0 Å². The number of nitrogens with zero attached hydrogens (tertiary/aromatic N) is 2. The number of rotatable bonds is 9. The first kappa shape index (κ1) is 56.7. The fraction of sp³-hybridized carbons (Fsp3) is 0.0309. The topological polar surface area (TPSA) is 6.48 Å². The van der Waals surface area contributed by atoms with Crippen LogP contribution in [0.1, 0.15) is 25.0 Å². The molecule has 0 spiro atoms. The summed E-state index contributed by atoms with van der Waals surface area (Å²) in [6.45, 7) is 4.81. The van der Waals surface area contributed by atoms with E-state index in [9.17, 15) is 0 Å². The van der Waals surface area contributed by atoms with E-state index in [2.05, 4.69) is 375 Å². The molecule has 2 nitrogen and oxygen atoms in total. The summed E-state index contributed by atoms with van der Waals surface area (Å²) in [7, 11) is 0. The monoisotopic (exact) mass is 1260 g/mol. The van der Waals surface area contributed by atoms with E-state index in [-0.39, 0.29) is 5.41 Å². The molecule has 0 bridgehead atoms. The molecule has 20 rings (SSSR count). The standard InChI is InChI=1S/C97H64N2/c1-97(2)93-53-40-73(91-59-74-57-78(46-51-86(74)88-23-11-12-24-89(88)91)99(77-45-50-85-72(56-77)33-29-65-16-5-9-21-82(65)85)95-25-13-18-67-30-26-66-17-6-10-22-87(66)96(67)95)58-92(93)90-52-47-79(60-94(90)97)98(75-41-34-61(35-42-75)68-38-48-83-70(54-68)31-27-63-14-3-7-19-80(63)83)76-43-36-62(37-44-76)69-39-49-84-71(55-69)32-28-64-15-4-8-20-81(64)84/h3-60H,1-2H3. The molecule has 0 unspecified atom stereocenters. The zero-order chi connectivity index (χ0) is 65.5. The first-order valence-electron chi connectivity index (χ1n) is 34.5. The summed E-state index contributed by atoms with van der Waals surface area (Å²) in [5.74, 6) is 0. The predicted molar refractivity (Wildman–Crippen MR) is 425 cm³/mol. The molecule has 0 atom stereocenters. The summed E-state index contributed by atoms with van der Waals surface area (Å²) in [6, 6.07) is 132. The molecule has 0 fully saturated rings. The van der Waals surface area contributed by atoms with Crippen molar-refractivity contribution in [2.45, 2.75) is 19.3 Å². The van der Waals surface area contributed by atoms with Crippen LogP contribution in [0.15, 0.2) is 352 Å². The van der Waals surface area contributed by atoms with Crippen LogP contribution in [-0.2, 0) is 5.41 Å². The first-order valence-corrected chi connectivity index (χ1v) is 34.5. The highest BCUT2D eigenvalue weighted by Gasteiger charge is 2.37. The Morgan fingerprint density at radius 3 is 1.16 bits per heavy atom. The van der Waals surface area contributed by atoms with Crippen molar-refractivity contribution in [2.75, 3.05) is 9.80 Å². The lowest BCUT2D eigenvalue weighted by atomic mass is 9.81. The first-order chi connectivity index (χ1) is 48.8. The maximum atomic E-state index is 2.49. The van der Waals surface area contributed by atoms with Gasteiger partial charge in [-0.3, -0.25) is 0 Å². The Kier molecular flexibility index (Phi) is 12.7. The van der Waals surface area contributed by atoms with Crippen LogP contribution in [0, 0.1) is 0 Å². The molecule has 1 aliphatic rings. The second-order valence-electron chi connectivity index (χ2n) is 27.6. The van der Waals surface area contributed by atoms with Crippen molar-refractivity contribution in [3.8, 4) is 44.5 Å². The number of hydrogen-bond donors (Lipinski definition) is 0. The molecule has 0 aliphatic heterocycles. The van der Waals surface area contributed by atoms with E-state index in [0.29, 0.717) is 0 Å². The fourth-order valence-electron chi connectivity index (χ4n) is 16.8. The largest absolute Gasteiger partial charge is 0.310 e.